The van der Waals surface area contributed by atoms with Crippen LogP contribution in [0.1, 0.15) is 6.92 Å². The van der Waals surface area contributed by atoms with E-state index in [4.69, 9.17) is 11.6 Å². The second-order valence-corrected chi connectivity index (χ2v) is 7.53. The second-order valence-electron chi connectivity index (χ2n) is 6.18. The van der Waals surface area contributed by atoms with E-state index in [2.05, 4.69) is 37.1 Å². The Balaban J connectivity index is 1.54. The number of piperazine rings is 1. The van der Waals surface area contributed by atoms with Gasteiger partial charge in [-0.25, -0.2) is 0 Å². The highest BCUT2D eigenvalue weighted by atomic mass is 79.9. The van der Waals surface area contributed by atoms with Gasteiger partial charge < -0.3 is 10.2 Å². The molecule has 0 bridgehead atoms. The van der Waals surface area contributed by atoms with Gasteiger partial charge >= 0.3 is 0 Å². The van der Waals surface area contributed by atoms with Crippen molar-refractivity contribution in [2.75, 3.05) is 36.4 Å². The monoisotopic (exact) mass is 421 g/mol. The lowest BCUT2D eigenvalue weighted by Gasteiger charge is -2.38. The van der Waals surface area contributed by atoms with Crippen LogP contribution in [0.2, 0.25) is 5.02 Å². The fourth-order valence-electron chi connectivity index (χ4n) is 2.99. The van der Waals surface area contributed by atoms with E-state index in [-0.39, 0.29) is 11.9 Å². The Morgan fingerprint density at radius 2 is 1.80 bits per heavy atom. The zero-order valence-electron chi connectivity index (χ0n) is 14.1. The minimum absolute atomic E-state index is 0.0264. The molecule has 1 heterocycles. The summed E-state index contributed by atoms with van der Waals surface area (Å²) in [7, 11) is 0. The minimum atomic E-state index is -0.162. The molecule has 0 aromatic heterocycles. The van der Waals surface area contributed by atoms with Crippen molar-refractivity contribution in [1.29, 1.82) is 0 Å². The van der Waals surface area contributed by atoms with E-state index in [9.17, 15) is 4.79 Å². The van der Waals surface area contributed by atoms with E-state index in [0.29, 0.717) is 0 Å². The van der Waals surface area contributed by atoms with Crippen molar-refractivity contribution in [3.05, 3.63) is 58.0 Å². The molecule has 1 aliphatic heterocycles. The van der Waals surface area contributed by atoms with Crippen LogP contribution in [0.5, 0.6) is 0 Å². The number of carbonyl (C=O) groups is 1. The number of rotatable bonds is 4. The molecule has 132 valence electrons. The number of carbonyl (C=O) groups excluding carboxylic acids is 1. The lowest BCUT2D eigenvalue weighted by molar-refractivity contribution is -0.120. The molecule has 25 heavy (non-hydrogen) atoms. The zero-order chi connectivity index (χ0) is 17.8. The summed E-state index contributed by atoms with van der Waals surface area (Å²) < 4.78 is 0.996. The molecule has 1 saturated heterocycles. The van der Waals surface area contributed by atoms with Gasteiger partial charge in [-0.1, -0.05) is 33.6 Å². The lowest BCUT2D eigenvalue weighted by Crippen LogP contribution is -2.52. The Morgan fingerprint density at radius 1 is 1.12 bits per heavy atom. The molecule has 1 amide bonds. The number of nitrogens with zero attached hydrogens (tertiary/aromatic N) is 2. The molecule has 2 aromatic rings. The van der Waals surface area contributed by atoms with Gasteiger partial charge in [0.2, 0.25) is 5.91 Å². The molecule has 6 heteroatoms. The maximum absolute atomic E-state index is 12.5. The summed E-state index contributed by atoms with van der Waals surface area (Å²) in [4.78, 5) is 17.0. The van der Waals surface area contributed by atoms with Gasteiger partial charge in [-0.3, -0.25) is 9.69 Å². The van der Waals surface area contributed by atoms with Crippen molar-refractivity contribution in [3.63, 3.8) is 0 Å². The van der Waals surface area contributed by atoms with E-state index in [1.54, 1.807) is 0 Å². The van der Waals surface area contributed by atoms with Crippen molar-refractivity contribution in [2.45, 2.75) is 13.0 Å². The maximum atomic E-state index is 12.5. The maximum Gasteiger partial charge on any atom is 0.241 e. The summed E-state index contributed by atoms with van der Waals surface area (Å²) in [5, 5.41) is 3.74. The van der Waals surface area contributed by atoms with Gasteiger partial charge in [-0.05, 0) is 49.4 Å². The Hall–Kier alpha value is -1.56. The summed E-state index contributed by atoms with van der Waals surface area (Å²) in [5.41, 5.74) is 1.96. The van der Waals surface area contributed by atoms with Crippen LogP contribution in [-0.4, -0.2) is 43.0 Å². The molecule has 1 aliphatic rings. The highest BCUT2D eigenvalue weighted by Gasteiger charge is 2.25. The number of amides is 1. The number of benzene rings is 2. The van der Waals surface area contributed by atoms with E-state index in [1.807, 2.05) is 49.4 Å². The molecule has 0 spiro atoms. The zero-order valence-corrected chi connectivity index (χ0v) is 16.4. The largest absolute Gasteiger partial charge is 0.369 e. The molecular formula is C19H21BrClN3O. The highest BCUT2D eigenvalue weighted by molar-refractivity contribution is 9.10. The number of halogens is 2. The fraction of sp³-hybridized carbons (Fsp3) is 0.316. The average Bonchev–Trinajstić information content (AvgIpc) is 2.63. The van der Waals surface area contributed by atoms with E-state index in [0.717, 1.165) is 47.0 Å². The quantitative estimate of drug-likeness (QED) is 0.800. The van der Waals surface area contributed by atoms with Crippen molar-refractivity contribution < 1.29 is 4.79 Å². The summed E-state index contributed by atoms with van der Waals surface area (Å²) in [6.45, 7) is 5.43. The van der Waals surface area contributed by atoms with Crippen molar-refractivity contribution in [1.82, 2.24) is 4.90 Å². The van der Waals surface area contributed by atoms with Gasteiger partial charge in [0.1, 0.15) is 0 Å². The minimum Gasteiger partial charge on any atom is -0.369 e. The molecule has 0 aliphatic carbocycles. The summed E-state index contributed by atoms with van der Waals surface area (Å²) in [5.74, 6) is 0.0264. The normalized spacial score (nSPS) is 16.5. The van der Waals surface area contributed by atoms with Crippen LogP contribution in [0, 0.1) is 0 Å². The smallest absolute Gasteiger partial charge is 0.241 e. The third kappa shape index (κ3) is 4.75. The second kappa shape index (κ2) is 8.21. The van der Waals surface area contributed by atoms with Crippen LogP contribution in [0.15, 0.2) is 53.0 Å². The molecule has 0 saturated carbocycles. The Morgan fingerprint density at radius 3 is 2.44 bits per heavy atom. The molecule has 1 unspecified atom stereocenters. The molecule has 2 aromatic carbocycles. The Labute approximate surface area is 161 Å². The summed E-state index contributed by atoms with van der Waals surface area (Å²) >= 11 is 9.48. The molecular weight excluding hydrogens is 402 g/mol. The van der Waals surface area contributed by atoms with E-state index in [1.165, 1.54) is 0 Å². The van der Waals surface area contributed by atoms with Gasteiger partial charge in [-0.15, -0.1) is 0 Å². The van der Waals surface area contributed by atoms with Crippen LogP contribution in [0.4, 0.5) is 11.4 Å². The highest BCUT2D eigenvalue weighted by Crippen LogP contribution is 2.21. The van der Waals surface area contributed by atoms with Crippen LogP contribution >= 0.6 is 27.5 Å². The lowest BCUT2D eigenvalue weighted by atomic mass is 10.2. The molecule has 1 atom stereocenters. The molecule has 0 radical (unpaired) electrons. The fourth-order valence-corrected chi connectivity index (χ4v) is 3.43. The summed E-state index contributed by atoms with van der Waals surface area (Å²) in [6, 6.07) is 15.4. The van der Waals surface area contributed by atoms with Crippen molar-refractivity contribution in [2.24, 2.45) is 0 Å². The number of hydrogen-bond acceptors (Lipinski definition) is 3. The molecule has 1 N–H and O–H groups in total. The van der Waals surface area contributed by atoms with Crippen LogP contribution in [0.25, 0.3) is 0 Å². The standard InChI is InChI=1S/C19H21BrClN3O/c1-14(19(25)22-17-7-5-15(20)6-8-17)23-9-11-24(12-10-23)18-4-2-3-16(21)13-18/h2-8,13-14H,9-12H2,1H3,(H,22,25). The van der Waals surface area contributed by atoms with E-state index >= 15 is 0 Å². The Bertz CT molecular complexity index is 730. The van der Waals surface area contributed by atoms with Gasteiger partial charge in [-0.2, -0.15) is 0 Å². The first-order chi connectivity index (χ1) is 12.0. The number of anilines is 2. The number of nitrogens with one attached hydrogen (secondary N) is 1. The van der Waals surface area contributed by atoms with Crippen LogP contribution in [-0.2, 0) is 4.79 Å². The van der Waals surface area contributed by atoms with Crippen LogP contribution in [0.3, 0.4) is 0 Å². The predicted molar refractivity (Wildman–Crippen MR) is 107 cm³/mol. The first kappa shape index (κ1) is 18.2. The molecule has 3 rings (SSSR count). The Kier molecular flexibility index (Phi) is 5.99. The van der Waals surface area contributed by atoms with Gasteiger partial charge in [0.25, 0.3) is 0 Å². The third-order valence-electron chi connectivity index (χ3n) is 4.53. The predicted octanol–water partition coefficient (Wildman–Crippen LogP) is 4.25. The molecule has 4 nitrogen and oxygen atoms in total. The van der Waals surface area contributed by atoms with Gasteiger partial charge in [0, 0.05) is 47.0 Å². The SMILES string of the molecule is CC(C(=O)Nc1ccc(Br)cc1)N1CCN(c2cccc(Cl)c2)CC1. The molecule has 1 fully saturated rings. The number of hydrogen-bond donors (Lipinski definition) is 1. The first-order valence-corrected chi connectivity index (χ1v) is 9.51. The topological polar surface area (TPSA) is 35.6 Å². The third-order valence-corrected chi connectivity index (χ3v) is 5.29. The average molecular weight is 423 g/mol. The van der Waals surface area contributed by atoms with E-state index < -0.39 is 0 Å². The summed E-state index contributed by atoms with van der Waals surface area (Å²) in [6.07, 6.45) is 0. The van der Waals surface area contributed by atoms with Crippen molar-refractivity contribution >= 4 is 44.8 Å². The van der Waals surface area contributed by atoms with Gasteiger partial charge in [0.15, 0.2) is 0 Å². The van der Waals surface area contributed by atoms with Crippen LogP contribution < -0.4 is 10.2 Å². The first-order valence-electron chi connectivity index (χ1n) is 8.34. The van der Waals surface area contributed by atoms with Crippen molar-refractivity contribution in [3.8, 4) is 0 Å². The van der Waals surface area contributed by atoms with Gasteiger partial charge in [0.05, 0.1) is 6.04 Å².